The molecule has 1 aliphatic rings. The number of anilines is 1. The molecule has 5 nitrogen and oxygen atoms in total. The number of nitrogens with zero attached hydrogens (tertiary/aromatic N) is 1. The fourth-order valence-corrected chi connectivity index (χ4v) is 2.97. The number of amides is 1. The zero-order valence-corrected chi connectivity index (χ0v) is 14.4. The Morgan fingerprint density at radius 2 is 2.00 bits per heavy atom. The molecule has 1 aromatic heterocycles. The smallest absolute Gasteiger partial charge is 0.398 e. The van der Waals surface area contributed by atoms with Crippen molar-refractivity contribution in [2.24, 2.45) is 0 Å². The first-order valence-corrected chi connectivity index (χ1v) is 8.33. The summed E-state index contributed by atoms with van der Waals surface area (Å²) in [6.07, 6.45) is -3.82. The molecular formula is C18H16F5N3O2. The molecule has 0 aliphatic heterocycles. The third-order valence-corrected chi connectivity index (χ3v) is 4.64. The van der Waals surface area contributed by atoms with Crippen LogP contribution in [0.5, 0.6) is 0 Å². The van der Waals surface area contributed by atoms with Crippen molar-refractivity contribution < 1.29 is 26.7 Å². The van der Waals surface area contributed by atoms with E-state index in [-0.39, 0.29) is 36.2 Å². The topological polar surface area (TPSA) is 77.1 Å². The Labute approximate surface area is 156 Å². The quantitative estimate of drug-likeness (QED) is 0.772. The molecule has 150 valence electrons. The van der Waals surface area contributed by atoms with Gasteiger partial charge in [0.15, 0.2) is 0 Å². The normalized spacial score (nSPS) is 18.4. The van der Waals surface area contributed by atoms with Crippen LogP contribution in [-0.2, 0) is 12.7 Å². The molecule has 0 bridgehead atoms. The van der Waals surface area contributed by atoms with Crippen LogP contribution in [0.25, 0.3) is 0 Å². The van der Waals surface area contributed by atoms with Crippen LogP contribution in [0.1, 0.15) is 40.4 Å². The molecule has 1 fully saturated rings. The number of alkyl halides is 5. The number of carbonyl (C=O) groups excluding carboxylic acids is 1. The number of pyridine rings is 1. The average molecular weight is 401 g/mol. The summed E-state index contributed by atoms with van der Waals surface area (Å²) < 4.78 is 66.3. The molecule has 1 atom stereocenters. The zero-order chi connectivity index (χ0) is 20.7. The van der Waals surface area contributed by atoms with Gasteiger partial charge >= 0.3 is 6.18 Å². The van der Waals surface area contributed by atoms with Crippen LogP contribution in [0.15, 0.2) is 41.3 Å². The van der Waals surface area contributed by atoms with Crippen LogP contribution in [0.4, 0.5) is 27.6 Å². The molecular weight excluding hydrogens is 385 g/mol. The van der Waals surface area contributed by atoms with Crippen molar-refractivity contribution in [3.63, 3.8) is 0 Å². The predicted molar refractivity (Wildman–Crippen MR) is 90.9 cm³/mol. The van der Waals surface area contributed by atoms with E-state index >= 15 is 0 Å². The summed E-state index contributed by atoms with van der Waals surface area (Å²) in [6.45, 7) is -0.235. The molecule has 2 aromatic rings. The molecule has 1 saturated carbocycles. The number of nitrogens with two attached hydrogens (primary N) is 1. The monoisotopic (exact) mass is 401 g/mol. The highest BCUT2D eigenvalue weighted by atomic mass is 19.4. The molecule has 10 heteroatoms. The predicted octanol–water partition coefficient (Wildman–Crippen LogP) is 3.35. The largest absolute Gasteiger partial charge is 0.416 e. The first-order valence-electron chi connectivity index (χ1n) is 8.33. The SMILES string of the molecule is Nc1cc(=O)n(C2CCC2(F)F)cc1C(=O)NCc1cccc(C(F)(F)F)c1. The Morgan fingerprint density at radius 1 is 1.29 bits per heavy atom. The van der Waals surface area contributed by atoms with E-state index in [2.05, 4.69) is 5.32 Å². The van der Waals surface area contributed by atoms with E-state index in [0.29, 0.717) is 0 Å². The Balaban J connectivity index is 1.79. The van der Waals surface area contributed by atoms with E-state index in [1.807, 2.05) is 0 Å². The van der Waals surface area contributed by atoms with Gasteiger partial charge in [-0.05, 0) is 24.1 Å². The lowest BCUT2D eigenvalue weighted by atomic mass is 9.87. The summed E-state index contributed by atoms with van der Waals surface area (Å²) >= 11 is 0. The maximum absolute atomic E-state index is 13.6. The lowest BCUT2D eigenvalue weighted by Crippen LogP contribution is -2.44. The summed E-state index contributed by atoms with van der Waals surface area (Å²) in [6, 6.07) is 3.92. The molecule has 1 unspecified atom stereocenters. The van der Waals surface area contributed by atoms with E-state index in [9.17, 15) is 31.5 Å². The Morgan fingerprint density at radius 3 is 2.57 bits per heavy atom. The Hall–Kier alpha value is -2.91. The van der Waals surface area contributed by atoms with Gasteiger partial charge in [-0.3, -0.25) is 9.59 Å². The van der Waals surface area contributed by atoms with E-state index in [0.717, 1.165) is 29.0 Å². The Bertz CT molecular complexity index is 968. The van der Waals surface area contributed by atoms with Gasteiger partial charge in [0.05, 0.1) is 16.8 Å². The van der Waals surface area contributed by atoms with Crippen LogP contribution in [-0.4, -0.2) is 16.4 Å². The van der Waals surface area contributed by atoms with Crippen molar-refractivity contribution in [1.29, 1.82) is 0 Å². The molecule has 0 saturated heterocycles. The second-order valence-corrected chi connectivity index (χ2v) is 6.58. The minimum Gasteiger partial charge on any atom is -0.398 e. The number of nitrogens with one attached hydrogen (secondary N) is 1. The van der Waals surface area contributed by atoms with Crippen molar-refractivity contribution in [1.82, 2.24) is 9.88 Å². The van der Waals surface area contributed by atoms with Gasteiger partial charge in [-0.2, -0.15) is 13.2 Å². The fourth-order valence-electron chi connectivity index (χ4n) is 2.97. The highest BCUT2D eigenvalue weighted by Crippen LogP contribution is 2.46. The summed E-state index contributed by atoms with van der Waals surface area (Å²) in [5, 5.41) is 2.39. The number of halogens is 5. The molecule has 3 rings (SSSR count). The van der Waals surface area contributed by atoms with Gasteiger partial charge in [0.2, 0.25) is 0 Å². The fraction of sp³-hybridized carbons (Fsp3) is 0.333. The van der Waals surface area contributed by atoms with Gasteiger partial charge in [0, 0.05) is 25.2 Å². The molecule has 3 N–H and O–H groups in total. The van der Waals surface area contributed by atoms with Crippen molar-refractivity contribution in [3.05, 3.63) is 63.6 Å². The average Bonchev–Trinajstić information content (AvgIpc) is 2.60. The van der Waals surface area contributed by atoms with Crippen LogP contribution in [0.3, 0.4) is 0 Å². The van der Waals surface area contributed by atoms with Crippen molar-refractivity contribution in [2.75, 3.05) is 5.73 Å². The highest BCUT2D eigenvalue weighted by molar-refractivity contribution is 5.98. The number of aromatic nitrogens is 1. The third-order valence-electron chi connectivity index (χ3n) is 4.64. The van der Waals surface area contributed by atoms with Crippen LogP contribution in [0, 0.1) is 0 Å². The lowest BCUT2D eigenvalue weighted by Gasteiger charge is -2.37. The van der Waals surface area contributed by atoms with Crippen LogP contribution < -0.4 is 16.6 Å². The van der Waals surface area contributed by atoms with Gasteiger partial charge in [-0.15, -0.1) is 0 Å². The van der Waals surface area contributed by atoms with E-state index < -0.39 is 35.2 Å². The van der Waals surface area contributed by atoms with Gasteiger partial charge in [-0.1, -0.05) is 12.1 Å². The minimum atomic E-state index is -4.52. The molecule has 1 aliphatic carbocycles. The van der Waals surface area contributed by atoms with E-state index in [1.54, 1.807) is 0 Å². The van der Waals surface area contributed by atoms with Crippen LogP contribution in [0.2, 0.25) is 0 Å². The highest BCUT2D eigenvalue weighted by Gasteiger charge is 2.49. The van der Waals surface area contributed by atoms with Crippen LogP contribution >= 0.6 is 0 Å². The van der Waals surface area contributed by atoms with Crippen molar-refractivity contribution in [2.45, 2.75) is 37.5 Å². The first kappa shape index (κ1) is 19.8. The van der Waals surface area contributed by atoms with Gasteiger partial charge < -0.3 is 15.6 Å². The van der Waals surface area contributed by atoms with E-state index in [1.165, 1.54) is 12.1 Å². The maximum atomic E-state index is 13.6. The minimum absolute atomic E-state index is 0.0854. The van der Waals surface area contributed by atoms with Crippen molar-refractivity contribution >= 4 is 11.6 Å². The lowest BCUT2D eigenvalue weighted by molar-refractivity contribution is -0.137. The van der Waals surface area contributed by atoms with Gasteiger partial charge in [0.25, 0.3) is 17.4 Å². The number of rotatable bonds is 4. The summed E-state index contributed by atoms with van der Waals surface area (Å²) in [7, 11) is 0. The maximum Gasteiger partial charge on any atom is 0.416 e. The first-order chi connectivity index (χ1) is 13.0. The van der Waals surface area contributed by atoms with Crippen molar-refractivity contribution in [3.8, 4) is 0 Å². The number of hydrogen-bond acceptors (Lipinski definition) is 3. The van der Waals surface area contributed by atoms with Gasteiger partial charge in [0.1, 0.15) is 6.04 Å². The van der Waals surface area contributed by atoms with Gasteiger partial charge in [-0.25, -0.2) is 8.78 Å². The molecule has 1 aromatic carbocycles. The number of carbonyl (C=O) groups is 1. The second kappa shape index (κ2) is 6.92. The summed E-state index contributed by atoms with van der Waals surface area (Å²) in [5.41, 5.74) is 3.84. The summed E-state index contributed by atoms with van der Waals surface area (Å²) in [4.78, 5) is 24.3. The standard InChI is InChI=1S/C18H16F5N3O2/c19-17(20)5-4-14(17)26-9-12(13(24)7-15(26)27)16(28)25-8-10-2-1-3-11(6-10)18(21,22)23/h1-3,6-7,9,14H,4-5,8,24H2,(H,25,28). The third kappa shape index (κ3) is 3.85. The molecule has 1 amide bonds. The van der Waals surface area contributed by atoms with E-state index in [4.69, 9.17) is 5.73 Å². The number of nitrogen functional groups attached to an aromatic ring is 1. The number of benzene rings is 1. The molecule has 0 spiro atoms. The molecule has 0 radical (unpaired) electrons. The molecule has 28 heavy (non-hydrogen) atoms. The zero-order valence-electron chi connectivity index (χ0n) is 14.4. The second-order valence-electron chi connectivity index (χ2n) is 6.58. The Kier molecular flexibility index (Phi) is 4.90. The summed E-state index contributed by atoms with van der Waals surface area (Å²) in [5.74, 6) is -3.84. The number of hydrogen-bond donors (Lipinski definition) is 2. The molecule has 1 heterocycles.